The average molecular weight is 454 g/mol. The minimum absolute atomic E-state index is 0. The molecule has 1 aromatic heterocycles. The van der Waals surface area contributed by atoms with Gasteiger partial charge >= 0.3 is 6.03 Å². The van der Waals surface area contributed by atoms with Crippen molar-refractivity contribution >= 4 is 24.3 Å². The number of halogens is 1. The van der Waals surface area contributed by atoms with E-state index in [1.54, 1.807) is 7.11 Å². The number of aryl methyl sites for hydroxylation is 1. The maximum absolute atomic E-state index is 13.0. The first-order chi connectivity index (χ1) is 15.2. The number of benzene rings is 2. The summed E-state index contributed by atoms with van der Waals surface area (Å²) in [6, 6.07) is 17.8. The summed E-state index contributed by atoms with van der Waals surface area (Å²) in [7, 11) is 1.67. The third-order valence-electron chi connectivity index (χ3n) is 6.19. The first kappa shape index (κ1) is 22.2. The molecular weight excluding hydrogens is 426 g/mol. The molecule has 0 saturated carbocycles. The summed E-state index contributed by atoms with van der Waals surface area (Å²) in [5.41, 5.74) is 4.33. The zero-order valence-corrected chi connectivity index (χ0v) is 18.8. The Bertz CT molecular complexity index is 1090. The molecule has 8 heteroatoms. The minimum Gasteiger partial charge on any atom is -0.497 e. The van der Waals surface area contributed by atoms with E-state index in [1.807, 2.05) is 53.2 Å². The molecule has 7 nitrogen and oxygen atoms in total. The molecule has 2 aromatic carbocycles. The van der Waals surface area contributed by atoms with Gasteiger partial charge in [0.15, 0.2) is 0 Å². The number of amides is 2. The molecule has 1 saturated heterocycles. The molecule has 0 unspecified atom stereocenters. The van der Waals surface area contributed by atoms with Crippen molar-refractivity contribution in [3.63, 3.8) is 0 Å². The average Bonchev–Trinajstić information content (AvgIpc) is 3.52. The third kappa shape index (κ3) is 4.31. The number of urea groups is 1. The Morgan fingerprint density at radius 1 is 1.12 bits per heavy atom. The summed E-state index contributed by atoms with van der Waals surface area (Å²) in [6.45, 7) is 1.54. The minimum atomic E-state index is -0.201. The van der Waals surface area contributed by atoms with Gasteiger partial charge < -0.3 is 15.4 Å². The number of fused-ring (bicyclic) bond motifs is 1. The zero-order chi connectivity index (χ0) is 21.2. The molecule has 2 amide bonds. The van der Waals surface area contributed by atoms with E-state index in [2.05, 4.69) is 22.0 Å². The summed E-state index contributed by atoms with van der Waals surface area (Å²) in [4.78, 5) is 13.0. The van der Waals surface area contributed by atoms with Crippen molar-refractivity contribution in [2.45, 2.75) is 31.2 Å². The third-order valence-corrected chi connectivity index (χ3v) is 6.19. The fourth-order valence-electron chi connectivity index (χ4n) is 4.64. The standard InChI is InChI=1S/C24H27N5O2.ClH/c1-31-18-10-5-7-16(13-18)20-14-25-15-22(20)26-24(30)27-23-19-11-6-12-21(19)28-29(23)17-8-3-2-4-9-17;/h2-5,7-10,13,20,22,25H,6,11-12,14-15H2,1H3,(H2,26,27,30);1H/t20-,22+;/m1./s1. The van der Waals surface area contributed by atoms with Crippen LogP contribution in [0.2, 0.25) is 0 Å². The SMILES string of the molecule is COc1cccc([C@H]2CNC[C@@H]2NC(=O)Nc2c3c(nn2-c2ccccc2)CCC3)c1.Cl. The fourth-order valence-corrected chi connectivity index (χ4v) is 4.64. The van der Waals surface area contributed by atoms with Gasteiger partial charge in [-0.2, -0.15) is 5.10 Å². The monoisotopic (exact) mass is 453 g/mol. The second kappa shape index (κ2) is 9.63. The summed E-state index contributed by atoms with van der Waals surface area (Å²) in [6.07, 6.45) is 2.97. The highest BCUT2D eigenvalue weighted by Gasteiger charge is 2.31. The summed E-state index contributed by atoms with van der Waals surface area (Å²) < 4.78 is 7.23. The number of hydrogen-bond acceptors (Lipinski definition) is 4. The van der Waals surface area contributed by atoms with E-state index in [0.29, 0.717) is 0 Å². The van der Waals surface area contributed by atoms with Crippen molar-refractivity contribution in [1.29, 1.82) is 0 Å². The second-order valence-electron chi connectivity index (χ2n) is 8.12. The molecule has 3 aromatic rings. The molecule has 0 spiro atoms. The molecule has 1 aliphatic heterocycles. The number of anilines is 1. The Morgan fingerprint density at radius 2 is 1.97 bits per heavy atom. The van der Waals surface area contributed by atoms with Gasteiger partial charge in [0.05, 0.1) is 24.5 Å². The molecule has 0 bridgehead atoms. The lowest BCUT2D eigenvalue weighted by molar-refractivity contribution is 0.248. The Labute approximate surface area is 194 Å². The maximum atomic E-state index is 13.0. The van der Waals surface area contributed by atoms with E-state index in [-0.39, 0.29) is 30.4 Å². The van der Waals surface area contributed by atoms with Crippen molar-refractivity contribution < 1.29 is 9.53 Å². The molecule has 32 heavy (non-hydrogen) atoms. The summed E-state index contributed by atoms with van der Waals surface area (Å²) in [5.74, 6) is 1.79. The number of rotatable bonds is 5. The number of para-hydroxylation sites is 1. The Morgan fingerprint density at radius 3 is 2.78 bits per heavy atom. The van der Waals surface area contributed by atoms with Crippen molar-refractivity contribution in [2.24, 2.45) is 0 Å². The number of carbonyl (C=O) groups excluding carboxylic acids is 1. The molecule has 2 aliphatic rings. The number of ether oxygens (including phenoxy) is 1. The van der Waals surface area contributed by atoms with Gasteiger partial charge in [0.1, 0.15) is 11.6 Å². The van der Waals surface area contributed by atoms with Gasteiger partial charge in [-0.1, -0.05) is 30.3 Å². The molecule has 168 valence electrons. The highest BCUT2D eigenvalue weighted by atomic mass is 35.5. The second-order valence-corrected chi connectivity index (χ2v) is 8.12. The quantitative estimate of drug-likeness (QED) is 0.550. The molecular formula is C24H28ClN5O2. The highest BCUT2D eigenvalue weighted by Crippen LogP contribution is 2.31. The van der Waals surface area contributed by atoms with Crippen LogP contribution in [0.15, 0.2) is 54.6 Å². The van der Waals surface area contributed by atoms with Crippen LogP contribution in [0.25, 0.3) is 5.69 Å². The van der Waals surface area contributed by atoms with E-state index in [1.165, 1.54) is 0 Å². The zero-order valence-electron chi connectivity index (χ0n) is 18.0. The maximum Gasteiger partial charge on any atom is 0.320 e. The first-order valence-corrected chi connectivity index (χ1v) is 10.8. The number of aromatic nitrogens is 2. The lowest BCUT2D eigenvalue weighted by Crippen LogP contribution is -2.42. The van der Waals surface area contributed by atoms with Crippen LogP contribution >= 0.6 is 12.4 Å². The first-order valence-electron chi connectivity index (χ1n) is 10.8. The lowest BCUT2D eigenvalue weighted by atomic mass is 9.94. The van der Waals surface area contributed by atoms with Gasteiger partial charge in [0, 0.05) is 24.6 Å². The highest BCUT2D eigenvalue weighted by molar-refractivity contribution is 5.90. The van der Waals surface area contributed by atoms with Gasteiger partial charge in [0.25, 0.3) is 0 Å². The topological polar surface area (TPSA) is 80.2 Å². The number of nitrogens with zero attached hydrogens (tertiary/aromatic N) is 2. The van der Waals surface area contributed by atoms with E-state index >= 15 is 0 Å². The number of carbonyl (C=O) groups is 1. The molecule has 1 fully saturated rings. The van der Waals surface area contributed by atoms with Crippen LogP contribution in [0.3, 0.4) is 0 Å². The number of methoxy groups -OCH3 is 1. The van der Waals surface area contributed by atoms with Crippen LogP contribution in [0.4, 0.5) is 10.6 Å². The van der Waals surface area contributed by atoms with Gasteiger partial charge in [0.2, 0.25) is 0 Å². The normalized spacial score (nSPS) is 19.2. The predicted molar refractivity (Wildman–Crippen MR) is 127 cm³/mol. The van der Waals surface area contributed by atoms with Crippen molar-refractivity contribution in [3.05, 3.63) is 71.4 Å². The van der Waals surface area contributed by atoms with Crippen LogP contribution in [0, 0.1) is 0 Å². The molecule has 0 radical (unpaired) electrons. The van der Waals surface area contributed by atoms with E-state index in [0.717, 1.165) is 66.4 Å². The van der Waals surface area contributed by atoms with Crippen LogP contribution in [0.1, 0.15) is 29.2 Å². The van der Waals surface area contributed by atoms with Crippen LogP contribution in [0.5, 0.6) is 5.75 Å². The van der Waals surface area contributed by atoms with Gasteiger partial charge in [-0.15, -0.1) is 12.4 Å². The van der Waals surface area contributed by atoms with E-state index < -0.39 is 0 Å². The largest absolute Gasteiger partial charge is 0.497 e. The Kier molecular flexibility index (Phi) is 6.67. The molecule has 2 atom stereocenters. The van der Waals surface area contributed by atoms with Crippen molar-refractivity contribution in [1.82, 2.24) is 20.4 Å². The van der Waals surface area contributed by atoms with E-state index in [9.17, 15) is 4.79 Å². The van der Waals surface area contributed by atoms with Crippen LogP contribution < -0.4 is 20.7 Å². The van der Waals surface area contributed by atoms with Crippen molar-refractivity contribution in [3.8, 4) is 11.4 Å². The number of nitrogens with one attached hydrogen (secondary N) is 3. The van der Waals surface area contributed by atoms with Gasteiger partial charge in [-0.25, -0.2) is 9.48 Å². The molecule has 2 heterocycles. The Hall–Kier alpha value is -3.03. The van der Waals surface area contributed by atoms with E-state index in [4.69, 9.17) is 9.84 Å². The van der Waals surface area contributed by atoms with Gasteiger partial charge in [-0.3, -0.25) is 5.32 Å². The van der Waals surface area contributed by atoms with Crippen LogP contribution in [-0.2, 0) is 12.8 Å². The summed E-state index contributed by atoms with van der Waals surface area (Å²) >= 11 is 0. The molecule has 5 rings (SSSR count). The van der Waals surface area contributed by atoms with Crippen LogP contribution in [-0.4, -0.2) is 42.1 Å². The van der Waals surface area contributed by atoms with Crippen molar-refractivity contribution in [2.75, 3.05) is 25.5 Å². The Balaban J connectivity index is 0.00000245. The lowest BCUT2D eigenvalue weighted by Gasteiger charge is -2.21. The molecule has 1 aliphatic carbocycles. The predicted octanol–water partition coefficient (Wildman–Crippen LogP) is 3.67. The summed E-state index contributed by atoms with van der Waals surface area (Å²) in [5, 5.41) is 14.5. The van der Waals surface area contributed by atoms with Gasteiger partial charge in [-0.05, 0) is 49.1 Å². The number of hydrogen-bond donors (Lipinski definition) is 3. The fraction of sp³-hybridized carbons (Fsp3) is 0.333. The molecule has 3 N–H and O–H groups in total. The smallest absolute Gasteiger partial charge is 0.320 e.